The number of halogens is 1. The third kappa shape index (κ3) is 5.95. The quantitative estimate of drug-likeness (QED) is 0.419. The Hall–Kier alpha value is -3.56. The number of benzene rings is 2. The first-order valence-corrected chi connectivity index (χ1v) is 12.5. The minimum absolute atomic E-state index is 0.00357. The van der Waals surface area contributed by atoms with E-state index < -0.39 is 18.2 Å². The number of amides is 1. The molecule has 0 spiro atoms. The number of oxazole rings is 1. The molecule has 1 aliphatic rings. The van der Waals surface area contributed by atoms with E-state index in [0.717, 1.165) is 0 Å². The molecule has 0 radical (unpaired) electrons. The van der Waals surface area contributed by atoms with E-state index in [9.17, 15) is 9.59 Å². The van der Waals surface area contributed by atoms with Gasteiger partial charge in [-0.3, -0.25) is 9.59 Å². The number of hydrogen-bond donors (Lipinski definition) is 1. The second-order valence-electron chi connectivity index (χ2n) is 10.3. The number of nitrogens with zero attached hydrogens (tertiary/aromatic N) is 2. The lowest BCUT2D eigenvalue weighted by molar-refractivity contribution is -0.136. The van der Waals surface area contributed by atoms with Crippen molar-refractivity contribution in [2.45, 2.75) is 45.8 Å². The molecule has 0 unspecified atom stereocenters. The van der Waals surface area contributed by atoms with E-state index in [1.165, 1.54) is 6.20 Å². The van der Waals surface area contributed by atoms with Crippen molar-refractivity contribution in [3.8, 4) is 11.5 Å². The summed E-state index contributed by atoms with van der Waals surface area (Å²) in [7, 11) is 3.09. The molecule has 10 heteroatoms. The number of para-hydroxylation sites is 1. The molecular formula is C28H31ClN2O7. The summed E-state index contributed by atoms with van der Waals surface area (Å²) in [6.45, 7) is 6.56. The van der Waals surface area contributed by atoms with E-state index >= 15 is 0 Å². The van der Waals surface area contributed by atoms with Crippen molar-refractivity contribution in [2.75, 3.05) is 25.7 Å². The predicted molar refractivity (Wildman–Crippen MR) is 141 cm³/mol. The van der Waals surface area contributed by atoms with Crippen molar-refractivity contribution in [3.05, 3.63) is 70.4 Å². The van der Waals surface area contributed by atoms with E-state index in [2.05, 4.69) is 4.98 Å². The Balaban J connectivity index is 1.86. The average molecular weight is 543 g/mol. The SMILES string of the molecule is COc1cccc([C@H]2O[C@H](Cc3ncc(CC(=O)O)o3)C(=O)N(CC(C)(C)C)c3ccc(Cl)cc32)c1OC. The molecule has 2 atom stereocenters. The Morgan fingerprint density at radius 3 is 2.58 bits per heavy atom. The number of anilines is 1. The Morgan fingerprint density at radius 2 is 1.92 bits per heavy atom. The zero-order chi connectivity index (χ0) is 27.6. The van der Waals surface area contributed by atoms with Gasteiger partial charge in [0.15, 0.2) is 17.4 Å². The maximum absolute atomic E-state index is 14.1. The molecule has 202 valence electrons. The van der Waals surface area contributed by atoms with Gasteiger partial charge in [-0.15, -0.1) is 0 Å². The second kappa shape index (κ2) is 11.0. The van der Waals surface area contributed by atoms with Gasteiger partial charge in [0.05, 0.1) is 26.8 Å². The molecule has 3 aromatic rings. The molecule has 9 nitrogen and oxygen atoms in total. The number of carbonyl (C=O) groups excluding carboxylic acids is 1. The first-order valence-electron chi connectivity index (χ1n) is 12.1. The normalized spacial score (nSPS) is 17.6. The van der Waals surface area contributed by atoms with E-state index in [-0.39, 0.29) is 35.8 Å². The van der Waals surface area contributed by atoms with Crippen LogP contribution in [-0.4, -0.2) is 48.8 Å². The van der Waals surface area contributed by atoms with Gasteiger partial charge in [-0.2, -0.15) is 0 Å². The summed E-state index contributed by atoms with van der Waals surface area (Å²) >= 11 is 6.45. The van der Waals surface area contributed by atoms with Crippen molar-refractivity contribution in [1.29, 1.82) is 0 Å². The van der Waals surface area contributed by atoms with Gasteiger partial charge in [0.1, 0.15) is 24.4 Å². The van der Waals surface area contributed by atoms with Crippen LogP contribution >= 0.6 is 11.6 Å². The fraction of sp³-hybridized carbons (Fsp3) is 0.393. The smallest absolute Gasteiger partial charge is 0.311 e. The number of fused-ring (bicyclic) bond motifs is 1. The highest BCUT2D eigenvalue weighted by Gasteiger charge is 2.40. The third-order valence-corrected chi connectivity index (χ3v) is 6.27. The maximum atomic E-state index is 14.1. The van der Waals surface area contributed by atoms with Gasteiger partial charge in [-0.05, 0) is 29.7 Å². The lowest BCUT2D eigenvalue weighted by atomic mass is 9.94. The minimum atomic E-state index is -1.04. The van der Waals surface area contributed by atoms with E-state index in [0.29, 0.717) is 39.9 Å². The summed E-state index contributed by atoms with van der Waals surface area (Å²) < 4.78 is 23.4. The molecule has 1 aliphatic heterocycles. The van der Waals surface area contributed by atoms with Crippen molar-refractivity contribution >= 4 is 29.2 Å². The number of ether oxygens (including phenoxy) is 3. The van der Waals surface area contributed by atoms with Crippen molar-refractivity contribution in [1.82, 2.24) is 4.98 Å². The van der Waals surface area contributed by atoms with Gasteiger partial charge in [0.25, 0.3) is 5.91 Å². The molecule has 1 N–H and O–H groups in total. The molecule has 2 heterocycles. The summed E-state index contributed by atoms with van der Waals surface area (Å²) in [5.41, 5.74) is 1.79. The van der Waals surface area contributed by atoms with Crippen molar-refractivity contribution < 1.29 is 33.3 Å². The summed E-state index contributed by atoms with van der Waals surface area (Å²) in [5.74, 6) is 0.0779. The topological polar surface area (TPSA) is 111 Å². The Labute approximate surface area is 226 Å². The molecule has 0 bridgehead atoms. The fourth-order valence-corrected chi connectivity index (χ4v) is 4.71. The van der Waals surface area contributed by atoms with Crippen LogP contribution in [0.15, 0.2) is 47.0 Å². The lowest BCUT2D eigenvalue weighted by Gasteiger charge is -2.31. The highest BCUT2D eigenvalue weighted by Crippen LogP contribution is 2.45. The largest absolute Gasteiger partial charge is 0.493 e. The van der Waals surface area contributed by atoms with Crippen molar-refractivity contribution in [2.24, 2.45) is 5.41 Å². The first kappa shape index (κ1) is 27.5. The molecule has 0 aliphatic carbocycles. The van der Waals surface area contributed by atoms with Gasteiger partial charge >= 0.3 is 5.97 Å². The van der Waals surface area contributed by atoms with Crippen LogP contribution in [0, 0.1) is 5.41 Å². The number of carboxylic acids is 1. The zero-order valence-corrected chi connectivity index (χ0v) is 22.7. The lowest BCUT2D eigenvalue weighted by Crippen LogP contribution is -2.44. The molecule has 4 rings (SSSR count). The third-order valence-electron chi connectivity index (χ3n) is 6.04. The first-order chi connectivity index (χ1) is 18.0. The fourth-order valence-electron chi connectivity index (χ4n) is 4.53. The molecule has 2 aromatic carbocycles. The van der Waals surface area contributed by atoms with E-state index in [4.69, 9.17) is 35.3 Å². The van der Waals surface area contributed by atoms with Crippen LogP contribution in [0.2, 0.25) is 5.02 Å². The highest BCUT2D eigenvalue weighted by molar-refractivity contribution is 6.30. The minimum Gasteiger partial charge on any atom is -0.493 e. The van der Waals surface area contributed by atoms with Crippen LogP contribution in [0.4, 0.5) is 5.69 Å². The maximum Gasteiger partial charge on any atom is 0.311 e. The Morgan fingerprint density at radius 1 is 1.16 bits per heavy atom. The van der Waals surface area contributed by atoms with Gasteiger partial charge in [-0.25, -0.2) is 4.98 Å². The van der Waals surface area contributed by atoms with Crippen molar-refractivity contribution in [3.63, 3.8) is 0 Å². The van der Waals surface area contributed by atoms with Crippen LogP contribution in [-0.2, 0) is 27.2 Å². The van der Waals surface area contributed by atoms with Crippen LogP contribution in [0.3, 0.4) is 0 Å². The molecule has 1 amide bonds. The van der Waals surface area contributed by atoms with Crippen LogP contribution in [0.1, 0.15) is 49.7 Å². The van der Waals surface area contributed by atoms with Gasteiger partial charge in [0.2, 0.25) is 0 Å². The molecule has 1 aromatic heterocycles. The summed E-state index contributed by atoms with van der Waals surface area (Å²) in [4.78, 5) is 31.1. The number of carboxylic acid groups (broad SMARTS) is 1. The average Bonchev–Trinajstić information content (AvgIpc) is 3.25. The van der Waals surface area contributed by atoms with Gasteiger partial charge in [-0.1, -0.05) is 44.5 Å². The number of aliphatic carboxylic acids is 1. The van der Waals surface area contributed by atoms with Gasteiger partial charge < -0.3 is 28.6 Å². The highest BCUT2D eigenvalue weighted by atomic mass is 35.5. The molecule has 0 saturated heterocycles. The summed E-state index contributed by atoms with van der Waals surface area (Å²) in [6.07, 6.45) is -0.698. The molecule has 0 fully saturated rings. The zero-order valence-electron chi connectivity index (χ0n) is 22.0. The van der Waals surface area contributed by atoms with Crippen LogP contribution in [0.25, 0.3) is 0 Å². The van der Waals surface area contributed by atoms with E-state index in [1.807, 2.05) is 39.0 Å². The number of aromatic nitrogens is 1. The standard InChI is InChI=1S/C28H31ClN2O7/c1-28(2,3)15-31-20-10-9-16(29)11-19(20)25(18-7-6-8-21(35-4)26(18)36-5)38-22(27(31)34)13-23-30-14-17(37-23)12-24(32)33/h6-11,14,22,25H,12-13,15H2,1-5H3,(H,32,33)/t22-,25-/m1/s1. The molecular weight excluding hydrogens is 512 g/mol. The number of hydrogen-bond acceptors (Lipinski definition) is 7. The Bertz CT molecular complexity index is 1330. The molecule has 0 saturated carbocycles. The predicted octanol–water partition coefficient (Wildman–Crippen LogP) is 5.08. The van der Waals surface area contributed by atoms with Crippen LogP contribution in [0.5, 0.6) is 11.5 Å². The summed E-state index contributed by atoms with van der Waals surface area (Å²) in [5, 5.41) is 9.58. The van der Waals surface area contributed by atoms with Gasteiger partial charge in [0, 0.05) is 28.4 Å². The number of rotatable bonds is 8. The van der Waals surface area contributed by atoms with Crippen LogP contribution < -0.4 is 14.4 Å². The number of carbonyl (C=O) groups is 2. The second-order valence-corrected chi connectivity index (χ2v) is 10.7. The van der Waals surface area contributed by atoms with E-state index in [1.54, 1.807) is 37.3 Å². The number of methoxy groups -OCH3 is 2. The monoisotopic (exact) mass is 542 g/mol. The Kier molecular flexibility index (Phi) is 7.99. The molecule has 38 heavy (non-hydrogen) atoms. The summed E-state index contributed by atoms with van der Waals surface area (Å²) in [6, 6.07) is 10.8.